The summed E-state index contributed by atoms with van der Waals surface area (Å²) < 4.78 is 7.62. The molecule has 0 radical (unpaired) electrons. The molecule has 2 amide bonds. The van der Waals surface area contributed by atoms with E-state index in [1.165, 1.54) is 0 Å². The Morgan fingerprint density at radius 3 is 2.52 bits per heavy atom. The minimum absolute atomic E-state index is 0.0775. The quantitative estimate of drug-likeness (QED) is 0.793. The van der Waals surface area contributed by atoms with Gasteiger partial charge in [-0.3, -0.25) is 9.59 Å². The summed E-state index contributed by atoms with van der Waals surface area (Å²) in [5, 5.41) is 8.11. The molecule has 2 aliphatic rings. The average molecular weight is 369 g/mol. The molecule has 1 aromatic heterocycles. The molecular formula is C19H23N5O3. The van der Waals surface area contributed by atoms with Gasteiger partial charge in [0.1, 0.15) is 0 Å². The predicted molar refractivity (Wildman–Crippen MR) is 97.4 cm³/mol. The Morgan fingerprint density at radius 2 is 1.81 bits per heavy atom. The second-order valence-corrected chi connectivity index (χ2v) is 7.15. The van der Waals surface area contributed by atoms with Crippen molar-refractivity contribution in [2.45, 2.75) is 25.4 Å². The van der Waals surface area contributed by atoms with E-state index in [2.05, 4.69) is 10.3 Å². The zero-order valence-corrected chi connectivity index (χ0v) is 15.4. The van der Waals surface area contributed by atoms with E-state index in [9.17, 15) is 9.59 Å². The Balaban J connectivity index is 1.40. The fraction of sp³-hybridized carbons (Fsp3) is 0.474. The van der Waals surface area contributed by atoms with Crippen molar-refractivity contribution in [1.29, 1.82) is 0 Å². The summed E-state index contributed by atoms with van der Waals surface area (Å²) in [6.07, 6.45) is 3.10. The van der Waals surface area contributed by atoms with Crippen molar-refractivity contribution in [2.24, 2.45) is 0 Å². The average Bonchev–Trinajstić information content (AvgIpc) is 3.19. The summed E-state index contributed by atoms with van der Waals surface area (Å²) in [6.45, 7) is 4.56. The first-order valence-electron chi connectivity index (χ1n) is 9.23. The molecule has 0 bridgehead atoms. The second kappa shape index (κ2) is 7.11. The molecule has 0 saturated carbocycles. The molecule has 1 aromatic carbocycles. The molecule has 3 heterocycles. The highest BCUT2D eigenvalue weighted by molar-refractivity contribution is 5.92. The Kier molecular flexibility index (Phi) is 4.65. The van der Waals surface area contributed by atoms with Crippen molar-refractivity contribution in [3.63, 3.8) is 0 Å². The third-order valence-electron chi connectivity index (χ3n) is 5.39. The number of carbonyl (C=O) groups excluding carboxylic acids is 2. The van der Waals surface area contributed by atoms with Gasteiger partial charge < -0.3 is 14.5 Å². The van der Waals surface area contributed by atoms with Gasteiger partial charge in [0.25, 0.3) is 5.91 Å². The van der Waals surface area contributed by atoms with E-state index in [1.807, 2.05) is 35.2 Å². The number of amides is 2. The number of likely N-dealkylation sites (tertiary alicyclic amines) is 1. The largest absolute Gasteiger partial charge is 0.371 e. The number of ether oxygens (including phenoxy) is 1. The van der Waals surface area contributed by atoms with Crippen LogP contribution in [0.15, 0.2) is 36.5 Å². The van der Waals surface area contributed by atoms with Crippen molar-refractivity contribution in [3.8, 4) is 5.69 Å². The lowest BCUT2D eigenvalue weighted by Gasteiger charge is -2.47. The van der Waals surface area contributed by atoms with Crippen LogP contribution in [0.25, 0.3) is 5.69 Å². The number of hydrogen-bond donors (Lipinski definition) is 0. The van der Waals surface area contributed by atoms with Crippen molar-refractivity contribution < 1.29 is 14.3 Å². The molecule has 0 aliphatic carbocycles. The number of aromatic nitrogens is 3. The van der Waals surface area contributed by atoms with Gasteiger partial charge in [0.05, 0.1) is 24.1 Å². The third-order valence-corrected chi connectivity index (χ3v) is 5.39. The Labute approximate surface area is 157 Å². The maximum Gasteiger partial charge on any atom is 0.276 e. The zero-order valence-electron chi connectivity index (χ0n) is 15.4. The number of nitrogens with zero attached hydrogens (tertiary/aromatic N) is 5. The van der Waals surface area contributed by atoms with Gasteiger partial charge in [0, 0.05) is 33.1 Å². The lowest BCUT2D eigenvalue weighted by atomic mass is 9.89. The molecule has 2 aromatic rings. The summed E-state index contributed by atoms with van der Waals surface area (Å²) in [5.41, 5.74) is 0.869. The SMILES string of the molecule is CC(=O)N1CCOC2(CCN(C(=O)c3cn(-c4ccccc4)nn3)CC2)C1. The number of morpholine rings is 1. The molecule has 142 valence electrons. The van der Waals surface area contributed by atoms with E-state index >= 15 is 0 Å². The predicted octanol–water partition coefficient (Wildman–Crippen LogP) is 1.12. The first kappa shape index (κ1) is 17.7. The smallest absolute Gasteiger partial charge is 0.276 e. The molecule has 0 atom stereocenters. The van der Waals surface area contributed by atoms with E-state index in [0.29, 0.717) is 38.5 Å². The molecule has 8 heteroatoms. The number of hydrogen-bond acceptors (Lipinski definition) is 5. The van der Waals surface area contributed by atoms with Crippen LogP contribution in [0.5, 0.6) is 0 Å². The lowest BCUT2D eigenvalue weighted by molar-refractivity contribution is -0.156. The maximum atomic E-state index is 12.8. The lowest BCUT2D eigenvalue weighted by Crippen LogP contribution is -2.58. The number of carbonyl (C=O) groups is 2. The van der Waals surface area contributed by atoms with Crippen LogP contribution in [0.3, 0.4) is 0 Å². The van der Waals surface area contributed by atoms with Gasteiger partial charge in [-0.05, 0) is 25.0 Å². The van der Waals surface area contributed by atoms with Crippen LogP contribution < -0.4 is 0 Å². The Bertz CT molecular complexity index is 827. The summed E-state index contributed by atoms with van der Waals surface area (Å²) in [6, 6.07) is 9.58. The van der Waals surface area contributed by atoms with Crippen LogP contribution in [0.2, 0.25) is 0 Å². The van der Waals surface area contributed by atoms with Crippen molar-refractivity contribution in [3.05, 3.63) is 42.2 Å². The van der Waals surface area contributed by atoms with E-state index in [4.69, 9.17) is 4.74 Å². The Hall–Kier alpha value is -2.74. The van der Waals surface area contributed by atoms with Crippen LogP contribution in [0.1, 0.15) is 30.3 Å². The van der Waals surface area contributed by atoms with Gasteiger partial charge in [-0.25, -0.2) is 4.68 Å². The molecule has 27 heavy (non-hydrogen) atoms. The molecule has 2 saturated heterocycles. The fourth-order valence-corrected chi connectivity index (χ4v) is 3.76. The molecule has 2 aliphatic heterocycles. The van der Waals surface area contributed by atoms with Crippen LogP contribution >= 0.6 is 0 Å². The highest BCUT2D eigenvalue weighted by atomic mass is 16.5. The maximum absolute atomic E-state index is 12.8. The Morgan fingerprint density at radius 1 is 1.07 bits per heavy atom. The number of piperidine rings is 1. The van der Waals surface area contributed by atoms with Gasteiger partial charge in [-0.15, -0.1) is 5.10 Å². The number of benzene rings is 1. The summed E-state index contributed by atoms with van der Waals surface area (Å²) in [4.78, 5) is 28.1. The van der Waals surface area contributed by atoms with E-state index in [0.717, 1.165) is 18.5 Å². The number of para-hydroxylation sites is 1. The van der Waals surface area contributed by atoms with Gasteiger partial charge in [-0.1, -0.05) is 23.4 Å². The van der Waals surface area contributed by atoms with Gasteiger partial charge in [0.2, 0.25) is 5.91 Å². The van der Waals surface area contributed by atoms with E-state index < -0.39 is 0 Å². The molecule has 4 rings (SSSR count). The summed E-state index contributed by atoms with van der Waals surface area (Å²) >= 11 is 0. The van der Waals surface area contributed by atoms with Gasteiger partial charge in [0.15, 0.2) is 5.69 Å². The van der Waals surface area contributed by atoms with Gasteiger partial charge in [-0.2, -0.15) is 0 Å². The summed E-state index contributed by atoms with van der Waals surface area (Å²) in [5.74, 6) is -0.0417. The second-order valence-electron chi connectivity index (χ2n) is 7.15. The van der Waals surface area contributed by atoms with E-state index in [-0.39, 0.29) is 17.4 Å². The molecule has 0 N–H and O–H groups in total. The van der Waals surface area contributed by atoms with E-state index in [1.54, 1.807) is 22.7 Å². The van der Waals surface area contributed by atoms with Crippen LogP contribution in [-0.2, 0) is 9.53 Å². The zero-order chi connectivity index (χ0) is 18.9. The van der Waals surface area contributed by atoms with Crippen molar-refractivity contribution >= 4 is 11.8 Å². The highest BCUT2D eigenvalue weighted by Gasteiger charge is 2.41. The molecule has 1 spiro atoms. The first-order valence-corrected chi connectivity index (χ1v) is 9.23. The van der Waals surface area contributed by atoms with Crippen LogP contribution in [0, 0.1) is 0 Å². The topological polar surface area (TPSA) is 80.6 Å². The minimum Gasteiger partial charge on any atom is -0.371 e. The van der Waals surface area contributed by atoms with Gasteiger partial charge >= 0.3 is 0 Å². The van der Waals surface area contributed by atoms with Crippen LogP contribution in [-0.4, -0.2) is 75.0 Å². The molecule has 0 unspecified atom stereocenters. The first-order chi connectivity index (χ1) is 13.1. The van der Waals surface area contributed by atoms with Crippen molar-refractivity contribution in [2.75, 3.05) is 32.8 Å². The number of rotatable bonds is 2. The standard InChI is InChI=1S/C19H23N5O3/c1-15(25)23-11-12-27-19(14-23)7-9-22(10-8-19)18(26)17-13-24(21-20-17)16-5-3-2-4-6-16/h2-6,13H,7-12,14H2,1H3. The normalized spacial score (nSPS) is 19.3. The fourth-order valence-electron chi connectivity index (χ4n) is 3.76. The molecule has 8 nitrogen and oxygen atoms in total. The van der Waals surface area contributed by atoms with Crippen LogP contribution in [0.4, 0.5) is 0 Å². The van der Waals surface area contributed by atoms with Crippen molar-refractivity contribution in [1.82, 2.24) is 24.8 Å². The summed E-state index contributed by atoms with van der Waals surface area (Å²) in [7, 11) is 0. The minimum atomic E-state index is -0.331. The third kappa shape index (κ3) is 3.57. The molecule has 2 fully saturated rings. The highest BCUT2D eigenvalue weighted by Crippen LogP contribution is 2.30. The monoisotopic (exact) mass is 369 g/mol. The molecular weight excluding hydrogens is 346 g/mol.